The number of carbonyl (C=O) groups is 3. The first kappa shape index (κ1) is 23.3. The maximum atomic E-state index is 13.8. The molecule has 0 unspecified atom stereocenters. The summed E-state index contributed by atoms with van der Waals surface area (Å²) in [5.41, 5.74) is 4.76. The SMILES string of the molecule is C=C1O/N=C2\CC(=C(Nc3ccc(C(=O)OC)cc3)C=C2N2CCC(=O)CC2)C(=O)c2ccccc21. The molecule has 2 aliphatic heterocycles. The van der Waals surface area contributed by atoms with Crippen LogP contribution in [-0.4, -0.2) is 48.3 Å². The number of allylic oxidation sites excluding steroid dienone is 3. The predicted octanol–water partition coefficient (Wildman–Crippen LogP) is 4.33. The van der Waals surface area contributed by atoms with E-state index in [9.17, 15) is 14.4 Å². The van der Waals surface area contributed by atoms with Crippen molar-refractivity contribution in [2.45, 2.75) is 19.3 Å². The minimum absolute atomic E-state index is 0.150. The van der Waals surface area contributed by atoms with E-state index < -0.39 is 5.97 Å². The Morgan fingerprint density at radius 3 is 2.44 bits per heavy atom. The van der Waals surface area contributed by atoms with Crippen LogP contribution in [0.1, 0.15) is 45.5 Å². The summed E-state index contributed by atoms with van der Waals surface area (Å²) in [5, 5.41) is 7.75. The van der Waals surface area contributed by atoms with Crippen LogP contribution in [0, 0.1) is 0 Å². The van der Waals surface area contributed by atoms with Gasteiger partial charge in [-0.05, 0) is 30.3 Å². The van der Waals surface area contributed by atoms with Crippen molar-refractivity contribution >= 4 is 34.7 Å². The van der Waals surface area contributed by atoms with Crippen LogP contribution >= 0.6 is 0 Å². The number of fused-ring (bicyclic) bond motifs is 3. The van der Waals surface area contributed by atoms with Gasteiger partial charge >= 0.3 is 5.97 Å². The number of likely N-dealkylation sites (tertiary alicyclic amines) is 1. The average Bonchev–Trinajstić information content (AvgIpc) is 2.95. The van der Waals surface area contributed by atoms with Crippen molar-refractivity contribution in [1.82, 2.24) is 4.90 Å². The summed E-state index contributed by atoms with van der Waals surface area (Å²) < 4.78 is 4.78. The van der Waals surface area contributed by atoms with Gasteiger partial charge in [0.2, 0.25) is 0 Å². The fraction of sp³-hybridized carbons (Fsp3) is 0.214. The van der Waals surface area contributed by atoms with Crippen LogP contribution in [0.5, 0.6) is 0 Å². The van der Waals surface area contributed by atoms with Gasteiger partial charge in [-0.25, -0.2) is 4.79 Å². The van der Waals surface area contributed by atoms with Gasteiger partial charge in [0, 0.05) is 60.4 Å². The number of anilines is 1. The standard InChI is InChI=1S/C28H25N3O5/c1-17-21-5-3-4-6-22(21)27(33)23-15-25(30-36-17)26(31-13-11-20(32)12-14-31)16-24(23)29-19-9-7-18(8-10-19)28(34)35-2/h3-10,16,29H,1,11-15H2,2H3/b30-25+. The number of hydrogen-bond acceptors (Lipinski definition) is 8. The van der Waals surface area contributed by atoms with E-state index in [1.54, 1.807) is 42.5 Å². The van der Waals surface area contributed by atoms with Gasteiger partial charge in [0.1, 0.15) is 11.5 Å². The molecule has 2 aromatic rings. The summed E-state index contributed by atoms with van der Waals surface area (Å²) in [4.78, 5) is 45.3. The number of piperidine rings is 1. The van der Waals surface area contributed by atoms with E-state index >= 15 is 0 Å². The highest BCUT2D eigenvalue weighted by molar-refractivity contribution is 6.18. The first-order chi connectivity index (χ1) is 17.4. The quantitative estimate of drug-likeness (QED) is 0.647. The van der Waals surface area contributed by atoms with Gasteiger partial charge in [-0.15, -0.1) is 0 Å². The van der Waals surface area contributed by atoms with Crippen molar-refractivity contribution in [1.29, 1.82) is 0 Å². The smallest absolute Gasteiger partial charge is 0.337 e. The summed E-state index contributed by atoms with van der Waals surface area (Å²) in [6.07, 6.45) is 3.05. The van der Waals surface area contributed by atoms with E-state index in [1.165, 1.54) is 7.11 Å². The number of Topliss-reactive ketones (excluding diaryl/α,β-unsaturated/α-hetero) is 2. The lowest BCUT2D eigenvalue weighted by Crippen LogP contribution is -2.37. The Morgan fingerprint density at radius 2 is 1.75 bits per heavy atom. The Morgan fingerprint density at radius 1 is 1.06 bits per heavy atom. The van der Waals surface area contributed by atoms with Crippen LogP contribution in [0.3, 0.4) is 0 Å². The molecule has 2 heterocycles. The van der Waals surface area contributed by atoms with E-state index in [0.717, 1.165) is 5.70 Å². The summed E-state index contributed by atoms with van der Waals surface area (Å²) in [5.74, 6) is -0.0507. The lowest BCUT2D eigenvalue weighted by Gasteiger charge is -2.33. The molecule has 2 aromatic carbocycles. The highest BCUT2D eigenvalue weighted by Crippen LogP contribution is 2.33. The molecule has 5 rings (SSSR count). The first-order valence-corrected chi connectivity index (χ1v) is 11.7. The monoisotopic (exact) mass is 483 g/mol. The molecule has 1 aliphatic carbocycles. The third-order valence-electron chi connectivity index (χ3n) is 6.51. The second-order valence-corrected chi connectivity index (χ2v) is 8.75. The number of methoxy groups -OCH3 is 1. The first-order valence-electron chi connectivity index (χ1n) is 11.7. The number of carbonyl (C=O) groups excluding carboxylic acids is 3. The number of nitrogens with zero attached hydrogens (tertiary/aromatic N) is 2. The summed E-state index contributed by atoms with van der Waals surface area (Å²) in [6, 6.07) is 14.0. The molecule has 182 valence electrons. The third kappa shape index (κ3) is 4.45. The fourth-order valence-electron chi connectivity index (χ4n) is 4.53. The topological polar surface area (TPSA) is 97.3 Å². The average molecular weight is 484 g/mol. The second-order valence-electron chi connectivity index (χ2n) is 8.75. The summed E-state index contributed by atoms with van der Waals surface area (Å²) >= 11 is 0. The van der Waals surface area contributed by atoms with E-state index in [1.807, 2.05) is 12.1 Å². The van der Waals surface area contributed by atoms with Crippen LogP contribution in [-0.2, 0) is 14.4 Å². The van der Waals surface area contributed by atoms with Crippen LogP contribution in [0.15, 0.2) is 83.3 Å². The van der Waals surface area contributed by atoms with Gasteiger partial charge in [0.25, 0.3) is 0 Å². The van der Waals surface area contributed by atoms with Crippen LogP contribution in [0.2, 0.25) is 0 Å². The number of benzene rings is 2. The molecular weight excluding hydrogens is 458 g/mol. The summed E-state index contributed by atoms with van der Waals surface area (Å²) in [7, 11) is 1.33. The van der Waals surface area contributed by atoms with Gasteiger partial charge in [-0.3, -0.25) is 9.59 Å². The number of esters is 1. The van der Waals surface area contributed by atoms with Crippen LogP contribution in [0.4, 0.5) is 5.69 Å². The van der Waals surface area contributed by atoms with Gasteiger partial charge in [-0.2, -0.15) is 0 Å². The predicted molar refractivity (Wildman–Crippen MR) is 135 cm³/mol. The van der Waals surface area contributed by atoms with Crippen molar-refractivity contribution in [3.05, 3.63) is 94.8 Å². The Labute approximate surface area is 208 Å². The number of ketones is 2. The normalized spacial score (nSPS) is 19.1. The largest absolute Gasteiger partial charge is 0.465 e. The number of ether oxygens (including phenoxy) is 1. The Balaban J connectivity index is 1.60. The molecule has 0 spiro atoms. The van der Waals surface area contributed by atoms with Crippen molar-refractivity contribution in [2.75, 3.05) is 25.5 Å². The maximum Gasteiger partial charge on any atom is 0.337 e. The van der Waals surface area contributed by atoms with Crippen molar-refractivity contribution < 1.29 is 24.0 Å². The molecule has 0 radical (unpaired) electrons. The van der Waals surface area contributed by atoms with E-state index in [4.69, 9.17) is 9.57 Å². The lowest BCUT2D eigenvalue weighted by molar-refractivity contribution is -0.121. The third-order valence-corrected chi connectivity index (χ3v) is 6.51. The van der Waals surface area contributed by atoms with Gasteiger partial charge < -0.3 is 19.8 Å². The highest BCUT2D eigenvalue weighted by atomic mass is 16.6. The molecule has 2 bridgehead atoms. The Bertz CT molecular complexity index is 1360. The minimum atomic E-state index is -0.424. The zero-order valence-electron chi connectivity index (χ0n) is 19.9. The molecular formula is C28H25N3O5. The Kier molecular flexibility index (Phi) is 6.25. The number of oxime groups is 1. The van der Waals surface area contributed by atoms with Crippen LogP contribution < -0.4 is 5.32 Å². The van der Waals surface area contributed by atoms with Gasteiger partial charge in [0.05, 0.1) is 18.4 Å². The molecule has 0 atom stereocenters. The molecule has 1 fully saturated rings. The fourth-order valence-corrected chi connectivity index (χ4v) is 4.53. The maximum absolute atomic E-state index is 13.8. The number of hydrogen-bond donors (Lipinski definition) is 1. The molecule has 0 aromatic heterocycles. The molecule has 0 saturated carbocycles. The molecule has 8 nitrogen and oxygen atoms in total. The van der Waals surface area contributed by atoms with E-state index in [0.29, 0.717) is 71.0 Å². The van der Waals surface area contributed by atoms with Crippen molar-refractivity contribution in [3.63, 3.8) is 0 Å². The zero-order chi connectivity index (χ0) is 25.2. The van der Waals surface area contributed by atoms with Crippen LogP contribution in [0.25, 0.3) is 5.76 Å². The number of nitrogens with one attached hydrogen (secondary N) is 1. The van der Waals surface area contributed by atoms with E-state index in [2.05, 4.69) is 22.0 Å². The molecule has 3 aliphatic rings. The van der Waals surface area contributed by atoms with Crippen molar-refractivity contribution in [3.8, 4) is 0 Å². The van der Waals surface area contributed by atoms with Gasteiger partial charge in [-0.1, -0.05) is 36.0 Å². The minimum Gasteiger partial charge on any atom is -0.465 e. The second kappa shape index (κ2) is 9.65. The number of rotatable bonds is 4. The highest BCUT2D eigenvalue weighted by Gasteiger charge is 2.32. The molecule has 8 heteroatoms. The molecule has 0 amide bonds. The van der Waals surface area contributed by atoms with E-state index in [-0.39, 0.29) is 18.0 Å². The van der Waals surface area contributed by atoms with Gasteiger partial charge in [0.15, 0.2) is 11.5 Å². The molecule has 1 N–H and O–H groups in total. The molecule has 1 saturated heterocycles. The molecule has 36 heavy (non-hydrogen) atoms. The van der Waals surface area contributed by atoms with Crippen molar-refractivity contribution in [2.24, 2.45) is 5.16 Å². The lowest BCUT2D eigenvalue weighted by atomic mass is 9.88. The Hall–Kier alpha value is -4.46. The summed E-state index contributed by atoms with van der Waals surface area (Å²) in [6.45, 7) is 5.11. The zero-order valence-corrected chi connectivity index (χ0v) is 19.9.